The van der Waals surface area contributed by atoms with Gasteiger partial charge in [0.1, 0.15) is 0 Å². The van der Waals surface area contributed by atoms with Crippen LogP contribution in [-0.4, -0.2) is 28.1 Å². The lowest BCUT2D eigenvalue weighted by Gasteiger charge is -2.13. The molecule has 4 rings (SSSR count). The van der Waals surface area contributed by atoms with Crippen LogP contribution in [0, 0.1) is 11.8 Å². The molecular formula is C14H17N3OS. The zero-order chi connectivity index (χ0) is 12.7. The zero-order valence-electron chi connectivity index (χ0n) is 10.8. The van der Waals surface area contributed by atoms with Crippen molar-refractivity contribution in [1.29, 1.82) is 0 Å². The molecule has 4 nitrogen and oxygen atoms in total. The number of aromatic nitrogens is 2. The van der Waals surface area contributed by atoms with Gasteiger partial charge in [0.05, 0.1) is 12.1 Å². The summed E-state index contributed by atoms with van der Waals surface area (Å²) in [7, 11) is 0. The van der Waals surface area contributed by atoms with Gasteiger partial charge in [0, 0.05) is 18.5 Å². The minimum Gasteiger partial charge on any atom is -0.334 e. The minimum atomic E-state index is 0.649. The van der Waals surface area contributed by atoms with Gasteiger partial charge in [0.15, 0.2) is 5.82 Å². The van der Waals surface area contributed by atoms with Gasteiger partial charge in [0.25, 0.3) is 5.89 Å². The monoisotopic (exact) mass is 275 g/mol. The third kappa shape index (κ3) is 2.21. The van der Waals surface area contributed by atoms with E-state index < -0.39 is 0 Å². The quantitative estimate of drug-likeness (QED) is 0.863. The second kappa shape index (κ2) is 4.72. The first-order valence-electron chi connectivity index (χ1n) is 6.96. The van der Waals surface area contributed by atoms with Gasteiger partial charge in [-0.05, 0) is 36.1 Å². The van der Waals surface area contributed by atoms with E-state index in [1.54, 1.807) is 11.3 Å². The van der Waals surface area contributed by atoms with Gasteiger partial charge < -0.3 is 4.52 Å². The summed E-state index contributed by atoms with van der Waals surface area (Å²) in [6.45, 7) is 3.26. The number of hydrogen-bond donors (Lipinski definition) is 0. The molecule has 1 saturated carbocycles. The molecule has 1 aliphatic carbocycles. The van der Waals surface area contributed by atoms with Crippen molar-refractivity contribution in [2.45, 2.75) is 25.8 Å². The standard InChI is InChI=1S/C14H17N3OS/c1-2-10-6-17(7-11(10)3-1)8-13-15-14(18-16-13)12-4-5-19-9-12/h4-5,9-11H,1-3,6-8H2/t10-,11+. The van der Waals surface area contributed by atoms with Gasteiger partial charge in [-0.15, -0.1) is 0 Å². The molecule has 0 bridgehead atoms. The Morgan fingerprint density at radius 2 is 2.16 bits per heavy atom. The molecule has 2 fully saturated rings. The van der Waals surface area contributed by atoms with Crippen LogP contribution in [0.4, 0.5) is 0 Å². The summed E-state index contributed by atoms with van der Waals surface area (Å²) in [6.07, 6.45) is 4.24. The largest absolute Gasteiger partial charge is 0.334 e. The topological polar surface area (TPSA) is 42.2 Å². The Labute approximate surface area is 116 Å². The fourth-order valence-electron chi connectivity index (χ4n) is 3.48. The van der Waals surface area contributed by atoms with Crippen LogP contribution in [0.1, 0.15) is 25.1 Å². The summed E-state index contributed by atoms with van der Waals surface area (Å²) in [6, 6.07) is 2.02. The van der Waals surface area contributed by atoms with E-state index in [0.717, 1.165) is 29.8 Å². The summed E-state index contributed by atoms with van der Waals surface area (Å²) in [5, 5.41) is 8.17. The number of hydrogen-bond acceptors (Lipinski definition) is 5. The summed E-state index contributed by atoms with van der Waals surface area (Å²) in [5.74, 6) is 3.31. The van der Waals surface area contributed by atoms with Gasteiger partial charge in [-0.2, -0.15) is 16.3 Å². The molecule has 1 saturated heterocycles. The highest BCUT2D eigenvalue weighted by atomic mass is 32.1. The highest BCUT2D eigenvalue weighted by Crippen LogP contribution is 2.38. The lowest BCUT2D eigenvalue weighted by atomic mass is 10.0. The first-order valence-corrected chi connectivity index (χ1v) is 7.90. The predicted molar refractivity (Wildman–Crippen MR) is 73.7 cm³/mol. The smallest absolute Gasteiger partial charge is 0.258 e. The van der Waals surface area contributed by atoms with Gasteiger partial charge in [0.2, 0.25) is 0 Å². The fraction of sp³-hybridized carbons (Fsp3) is 0.571. The summed E-state index contributed by atoms with van der Waals surface area (Å²) in [5.41, 5.74) is 1.03. The number of thiophene rings is 1. The highest BCUT2D eigenvalue weighted by Gasteiger charge is 2.36. The van der Waals surface area contributed by atoms with E-state index in [1.807, 2.05) is 16.8 Å². The van der Waals surface area contributed by atoms with Gasteiger partial charge in [-0.3, -0.25) is 4.90 Å². The molecule has 2 aliphatic rings. The highest BCUT2D eigenvalue weighted by molar-refractivity contribution is 7.08. The van der Waals surface area contributed by atoms with Crippen molar-refractivity contribution < 1.29 is 4.52 Å². The van der Waals surface area contributed by atoms with Crippen molar-refractivity contribution in [1.82, 2.24) is 15.0 Å². The van der Waals surface area contributed by atoms with Crippen LogP contribution in [0.2, 0.25) is 0 Å². The van der Waals surface area contributed by atoms with E-state index in [9.17, 15) is 0 Å². The zero-order valence-corrected chi connectivity index (χ0v) is 11.6. The van der Waals surface area contributed by atoms with Crippen LogP contribution in [-0.2, 0) is 6.54 Å². The van der Waals surface area contributed by atoms with E-state index in [0.29, 0.717) is 5.89 Å². The Bertz CT molecular complexity index is 539. The number of rotatable bonds is 3. The maximum Gasteiger partial charge on any atom is 0.258 e. The molecule has 0 N–H and O–H groups in total. The lowest BCUT2D eigenvalue weighted by Crippen LogP contribution is -2.21. The van der Waals surface area contributed by atoms with E-state index in [4.69, 9.17) is 4.52 Å². The number of nitrogens with zero attached hydrogens (tertiary/aromatic N) is 3. The fourth-order valence-corrected chi connectivity index (χ4v) is 4.11. The number of likely N-dealkylation sites (tertiary alicyclic amines) is 1. The van der Waals surface area contributed by atoms with Crippen molar-refractivity contribution >= 4 is 11.3 Å². The van der Waals surface area contributed by atoms with E-state index >= 15 is 0 Å². The molecule has 2 aromatic heterocycles. The van der Waals surface area contributed by atoms with Crippen LogP contribution in [0.25, 0.3) is 11.5 Å². The van der Waals surface area contributed by atoms with Gasteiger partial charge in [-0.25, -0.2) is 0 Å². The molecule has 0 radical (unpaired) electrons. The molecular weight excluding hydrogens is 258 g/mol. The van der Waals surface area contributed by atoms with Crippen LogP contribution < -0.4 is 0 Å². The van der Waals surface area contributed by atoms with Gasteiger partial charge >= 0.3 is 0 Å². The maximum atomic E-state index is 5.33. The predicted octanol–water partition coefficient (Wildman–Crippen LogP) is 3.03. The normalized spacial score (nSPS) is 26.9. The Balaban J connectivity index is 1.44. The van der Waals surface area contributed by atoms with Crippen molar-refractivity contribution in [2.75, 3.05) is 13.1 Å². The molecule has 1 aliphatic heterocycles. The lowest BCUT2D eigenvalue weighted by molar-refractivity contribution is 0.289. The molecule has 5 heteroatoms. The Morgan fingerprint density at radius 1 is 1.32 bits per heavy atom. The Kier molecular flexibility index (Phi) is 2.89. The van der Waals surface area contributed by atoms with Crippen LogP contribution in [0.5, 0.6) is 0 Å². The molecule has 2 aromatic rings. The average Bonchev–Trinajstić information content (AvgIpc) is 3.12. The summed E-state index contributed by atoms with van der Waals surface area (Å²) >= 11 is 1.65. The van der Waals surface area contributed by atoms with Crippen molar-refractivity contribution in [3.05, 3.63) is 22.7 Å². The molecule has 3 heterocycles. The first-order chi connectivity index (χ1) is 9.38. The Morgan fingerprint density at radius 3 is 2.89 bits per heavy atom. The minimum absolute atomic E-state index is 0.649. The molecule has 19 heavy (non-hydrogen) atoms. The third-order valence-electron chi connectivity index (χ3n) is 4.40. The summed E-state index contributed by atoms with van der Waals surface area (Å²) < 4.78 is 5.33. The molecule has 100 valence electrons. The van der Waals surface area contributed by atoms with E-state index in [2.05, 4.69) is 15.0 Å². The third-order valence-corrected chi connectivity index (χ3v) is 5.09. The second-order valence-electron chi connectivity index (χ2n) is 5.67. The van der Waals surface area contributed by atoms with Crippen molar-refractivity contribution in [3.63, 3.8) is 0 Å². The number of fused-ring (bicyclic) bond motifs is 1. The Hall–Kier alpha value is -1.20. The van der Waals surface area contributed by atoms with Crippen LogP contribution in [0.3, 0.4) is 0 Å². The van der Waals surface area contributed by atoms with Crippen LogP contribution >= 0.6 is 11.3 Å². The first kappa shape index (κ1) is 11.6. The second-order valence-corrected chi connectivity index (χ2v) is 6.45. The maximum absolute atomic E-state index is 5.33. The molecule has 0 amide bonds. The average molecular weight is 275 g/mol. The molecule has 2 atom stereocenters. The van der Waals surface area contributed by atoms with Crippen LogP contribution in [0.15, 0.2) is 21.3 Å². The van der Waals surface area contributed by atoms with Crippen molar-refractivity contribution in [2.24, 2.45) is 11.8 Å². The molecule has 0 aromatic carbocycles. The van der Waals surface area contributed by atoms with Gasteiger partial charge in [-0.1, -0.05) is 11.6 Å². The van der Waals surface area contributed by atoms with Crippen molar-refractivity contribution in [3.8, 4) is 11.5 Å². The summed E-state index contributed by atoms with van der Waals surface area (Å²) in [4.78, 5) is 6.98. The van der Waals surface area contributed by atoms with E-state index in [1.165, 1.54) is 32.4 Å². The SMILES string of the molecule is c1cc(-c2nc(CN3C[C@H]4CCC[C@H]4C3)no2)cs1. The molecule has 0 spiro atoms. The molecule has 0 unspecified atom stereocenters. The van der Waals surface area contributed by atoms with E-state index in [-0.39, 0.29) is 0 Å².